The molecule has 104 valence electrons. The van der Waals surface area contributed by atoms with Gasteiger partial charge in [-0.1, -0.05) is 43.7 Å². The fourth-order valence-corrected chi connectivity index (χ4v) is 2.67. The van der Waals surface area contributed by atoms with Gasteiger partial charge in [0, 0.05) is 0 Å². The number of hydrogen-bond acceptors (Lipinski definition) is 2. The molecule has 3 nitrogen and oxygen atoms in total. The van der Waals surface area contributed by atoms with E-state index >= 15 is 0 Å². The first-order valence-electron chi connectivity index (χ1n) is 7.22. The maximum Gasteiger partial charge on any atom is 0.237 e. The third-order valence-electron chi connectivity index (χ3n) is 4.02. The minimum atomic E-state index is -0.0282. The van der Waals surface area contributed by atoms with Gasteiger partial charge in [0.05, 0.1) is 12.1 Å². The Bertz CT molecular complexity index is 427. The standard InChI is InChI=1S/C16H24N2O/c1-4-14(13-7-5-11(2)6-8-13)18-16(19)15-12(3)9-10-17-15/h5-8,12,14-15,17H,4,9-10H2,1-3H3,(H,18,19). The van der Waals surface area contributed by atoms with Crippen LogP contribution >= 0.6 is 0 Å². The molecule has 0 radical (unpaired) electrons. The van der Waals surface area contributed by atoms with Crippen LogP contribution in [0.5, 0.6) is 0 Å². The smallest absolute Gasteiger partial charge is 0.237 e. The molecule has 1 heterocycles. The van der Waals surface area contributed by atoms with E-state index < -0.39 is 0 Å². The molecule has 1 aliphatic rings. The van der Waals surface area contributed by atoms with Crippen LogP contribution in [0.3, 0.4) is 0 Å². The summed E-state index contributed by atoms with van der Waals surface area (Å²) >= 11 is 0. The van der Waals surface area contributed by atoms with E-state index in [1.807, 2.05) is 0 Å². The van der Waals surface area contributed by atoms with Crippen molar-refractivity contribution in [2.45, 2.75) is 45.7 Å². The van der Waals surface area contributed by atoms with E-state index in [0.29, 0.717) is 5.92 Å². The highest BCUT2D eigenvalue weighted by Crippen LogP contribution is 2.20. The number of carbonyl (C=O) groups is 1. The molecule has 0 spiro atoms. The van der Waals surface area contributed by atoms with Gasteiger partial charge in [0.1, 0.15) is 0 Å². The molecule has 1 aromatic rings. The SMILES string of the molecule is CCC(NC(=O)C1NCCC1C)c1ccc(C)cc1. The first kappa shape index (κ1) is 14.1. The summed E-state index contributed by atoms with van der Waals surface area (Å²) in [5.74, 6) is 0.563. The van der Waals surface area contributed by atoms with Crippen molar-refractivity contribution in [3.05, 3.63) is 35.4 Å². The number of rotatable bonds is 4. The quantitative estimate of drug-likeness (QED) is 0.873. The summed E-state index contributed by atoms with van der Waals surface area (Å²) in [4.78, 5) is 12.3. The highest BCUT2D eigenvalue weighted by molar-refractivity contribution is 5.82. The largest absolute Gasteiger partial charge is 0.348 e. The lowest BCUT2D eigenvalue weighted by molar-refractivity contribution is -0.124. The van der Waals surface area contributed by atoms with E-state index in [1.54, 1.807) is 0 Å². The van der Waals surface area contributed by atoms with Gasteiger partial charge in [-0.3, -0.25) is 4.79 Å². The molecule has 1 aromatic carbocycles. The Hall–Kier alpha value is -1.35. The average molecular weight is 260 g/mol. The summed E-state index contributed by atoms with van der Waals surface area (Å²) in [7, 11) is 0. The van der Waals surface area contributed by atoms with E-state index in [4.69, 9.17) is 0 Å². The molecule has 3 heteroatoms. The third-order valence-corrected chi connectivity index (χ3v) is 4.02. The van der Waals surface area contributed by atoms with Crippen molar-refractivity contribution in [2.24, 2.45) is 5.92 Å². The number of hydrogen-bond donors (Lipinski definition) is 2. The van der Waals surface area contributed by atoms with Crippen molar-refractivity contribution in [1.82, 2.24) is 10.6 Å². The Morgan fingerprint density at radius 1 is 1.42 bits per heavy atom. The van der Waals surface area contributed by atoms with Crippen LogP contribution in [0.1, 0.15) is 43.9 Å². The van der Waals surface area contributed by atoms with Gasteiger partial charge < -0.3 is 10.6 Å². The minimum absolute atomic E-state index is 0.0282. The molecule has 2 N–H and O–H groups in total. The second-order valence-electron chi connectivity index (χ2n) is 5.58. The van der Waals surface area contributed by atoms with E-state index in [-0.39, 0.29) is 18.0 Å². The monoisotopic (exact) mass is 260 g/mol. The van der Waals surface area contributed by atoms with Crippen LogP contribution in [-0.4, -0.2) is 18.5 Å². The van der Waals surface area contributed by atoms with Crippen molar-refractivity contribution in [2.75, 3.05) is 6.54 Å². The van der Waals surface area contributed by atoms with E-state index in [2.05, 4.69) is 55.7 Å². The van der Waals surface area contributed by atoms with Crippen LogP contribution in [-0.2, 0) is 4.79 Å². The highest BCUT2D eigenvalue weighted by Gasteiger charge is 2.30. The van der Waals surface area contributed by atoms with Gasteiger partial charge in [-0.15, -0.1) is 0 Å². The van der Waals surface area contributed by atoms with Crippen LogP contribution < -0.4 is 10.6 Å². The van der Waals surface area contributed by atoms with Crippen molar-refractivity contribution in [1.29, 1.82) is 0 Å². The van der Waals surface area contributed by atoms with Crippen LogP contribution in [0.4, 0.5) is 0 Å². The van der Waals surface area contributed by atoms with Crippen molar-refractivity contribution in [3.8, 4) is 0 Å². The van der Waals surface area contributed by atoms with Gasteiger partial charge in [0.25, 0.3) is 0 Å². The van der Waals surface area contributed by atoms with Gasteiger partial charge >= 0.3 is 0 Å². The highest BCUT2D eigenvalue weighted by atomic mass is 16.2. The lowest BCUT2D eigenvalue weighted by atomic mass is 10.00. The molecule has 3 unspecified atom stereocenters. The summed E-state index contributed by atoms with van der Waals surface area (Å²) in [5.41, 5.74) is 2.43. The van der Waals surface area contributed by atoms with Crippen molar-refractivity contribution >= 4 is 5.91 Å². The first-order chi connectivity index (χ1) is 9.11. The topological polar surface area (TPSA) is 41.1 Å². The molecule has 1 saturated heterocycles. The zero-order chi connectivity index (χ0) is 13.8. The minimum Gasteiger partial charge on any atom is -0.348 e. The summed E-state index contributed by atoms with van der Waals surface area (Å²) in [6, 6.07) is 8.49. The zero-order valence-electron chi connectivity index (χ0n) is 12.1. The lowest BCUT2D eigenvalue weighted by Gasteiger charge is -2.22. The normalized spacial score (nSPS) is 24.2. The van der Waals surface area contributed by atoms with Gasteiger partial charge in [-0.05, 0) is 37.8 Å². The molecule has 3 atom stereocenters. The fourth-order valence-electron chi connectivity index (χ4n) is 2.67. The van der Waals surface area contributed by atoms with Gasteiger partial charge in [0.2, 0.25) is 5.91 Å². The molecular weight excluding hydrogens is 236 g/mol. The molecule has 0 aromatic heterocycles. The van der Waals surface area contributed by atoms with Crippen LogP contribution in [0.25, 0.3) is 0 Å². The molecule has 0 saturated carbocycles. The number of aryl methyl sites for hydroxylation is 1. The van der Waals surface area contributed by atoms with Crippen LogP contribution in [0.2, 0.25) is 0 Å². The summed E-state index contributed by atoms with van der Waals surface area (Å²) < 4.78 is 0. The zero-order valence-corrected chi connectivity index (χ0v) is 12.1. The second kappa shape index (κ2) is 6.20. The van der Waals surface area contributed by atoms with E-state index in [9.17, 15) is 4.79 Å². The Kier molecular flexibility index (Phi) is 4.59. The van der Waals surface area contributed by atoms with Gasteiger partial charge in [-0.2, -0.15) is 0 Å². The molecule has 1 amide bonds. The molecule has 2 rings (SSSR count). The summed E-state index contributed by atoms with van der Waals surface area (Å²) in [5, 5.41) is 6.46. The fraction of sp³-hybridized carbons (Fsp3) is 0.562. The van der Waals surface area contributed by atoms with Gasteiger partial charge in [-0.25, -0.2) is 0 Å². The van der Waals surface area contributed by atoms with E-state index in [1.165, 1.54) is 11.1 Å². The Balaban J connectivity index is 2.02. The Labute approximate surface area is 115 Å². The first-order valence-corrected chi connectivity index (χ1v) is 7.22. The lowest BCUT2D eigenvalue weighted by Crippen LogP contribution is -2.44. The molecule has 0 aliphatic carbocycles. The van der Waals surface area contributed by atoms with Crippen molar-refractivity contribution in [3.63, 3.8) is 0 Å². The molecule has 1 aliphatic heterocycles. The second-order valence-corrected chi connectivity index (χ2v) is 5.58. The number of benzene rings is 1. The summed E-state index contributed by atoms with van der Waals surface area (Å²) in [6.45, 7) is 7.27. The predicted octanol–water partition coefficient (Wildman–Crippen LogP) is 2.56. The number of nitrogens with one attached hydrogen (secondary N) is 2. The van der Waals surface area contributed by atoms with Crippen LogP contribution in [0, 0.1) is 12.8 Å². The Morgan fingerprint density at radius 2 is 2.11 bits per heavy atom. The van der Waals surface area contributed by atoms with Crippen molar-refractivity contribution < 1.29 is 4.79 Å². The Morgan fingerprint density at radius 3 is 2.63 bits per heavy atom. The molecule has 0 bridgehead atoms. The predicted molar refractivity (Wildman–Crippen MR) is 77.9 cm³/mol. The van der Waals surface area contributed by atoms with Gasteiger partial charge in [0.15, 0.2) is 0 Å². The number of carbonyl (C=O) groups excluding carboxylic acids is 1. The number of amides is 1. The molecular formula is C16H24N2O. The van der Waals surface area contributed by atoms with Crippen LogP contribution in [0.15, 0.2) is 24.3 Å². The maximum absolute atomic E-state index is 12.3. The average Bonchev–Trinajstić information content (AvgIpc) is 2.83. The molecule has 1 fully saturated rings. The summed E-state index contributed by atoms with van der Waals surface area (Å²) in [6.07, 6.45) is 2.00. The maximum atomic E-state index is 12.3. The van der Waals surface area contributed by atoms with E-state index in [0.717, 1.165) is 19.4 Å². The third kappa shape index (κ3) is 3.35. The molecule has 19 heavy (non-hydrogen) atoms.